The smallest absolute Gasteiger partial charge is 0.243 e. The van der Waals surface area contributed by atoms with Crippen LogP contribution in [0, 0.1) is 0 Å². The van der Waals surface area contributed by atoms with Crippen LogP contribution in [-0.2, 0) is 21.2 Å². The Morgan fingerprint density at radius 2 is 1.83 bits per heavy atom. The van der Waals surface area contributed by atoms with Gasteiger partial charge in [-0.2, -0.15) is 4.31 Å². The van der Waals surface area contributed by atoms with Crippen molar-refractivity contribution in [2.24, 2.45) is 0 Å². The lowest BCUT2D eigenvalue weighted by atomic mass is 10.1. The summed E-state index contributed by atoms with van der Waals surface area (Å²) in [5.41, 5.74) is 1.12. The minimum absolute atomic E-state index is 0.0285. The van der Waals surface area contributed by atoms with Gasteiger partial charge in [-0.05, 0) is 62.9 Å². The van der Waals surface area contributed by atoms with Crippen LogP contribution in [-0.4, -0.2) is 43.9 Å². The number of hydrogen-bond donors (Lipinski definition) is 1. The molecule has 1 N–H and O–H groups in total. The SMILES string of the molecule is CC(C)Oc1ccc(S(=O)(=O)N2CCCC(NC(=O)CCc3ccccc3)C2)cc1. The second-order valence-corrected chi connectivity index (χ2v) is 9.83. The van der Waals surface area contributed by atoms with E-state index >= 15 is 0 Å². The van der Waals surface area contributed by atoms with Crippen LogP contribution in [0.4, 0.5) is 0 Å². The van der Waals surface area contributed by atoms with Crippen LogP contribution in [0.15, 0.2) is 59.5 Å². The largest absolute Gasteiger partial charge is 0.491 e. The van der Waals surface area contributed by atoms with Crippen molar-refractivity contribution in [3.63, 3.8) is 0 Å². The molecule has 6 nitrogen and oxygen atoms in total. The van der Waals surface area contributed by atoms with Crippen LogP contribution in [0.5, 0.6) is 5.75 Å². The van der Waals surface area contributed by atoms with Crippen molar-refractivity contribution in [2.75, 3.05) is 13.1 Å². The molecule has 0 radical (unpaired) electrons. The van der Waals surface area contributed by atoms with Crippen LogP contribution in [0.3, 0.4) is 0 Å². The van der Waals surface area contributed by atoms with Crippen molar-refractivity contribution in [2.45, 2.75) is 56.6 Å². The van der Waals surface area contributed by atoms with Gasteiger partial charge in [0.2, 0.25) is 15.9 Å². The number of carbonyl (C=O) groups is 1. The third-order valence-electron chi connectivity index (χ3n) is 5.07. The first-order chi connectivity index (χ1) is 14.3. The first kappa shape index (κ1) is 22.3. The number of sulfonamides is 1. The summed E-state index contributed by atoms with van der Waals surface area (Å²) in [5, 5.41) is 3.01. The zero-order valence-electron chi connectivity index (χ0n) is 17.6. The van der Waals surface area contributed by atoms with Gasteiger partial charge in [0, 0.05) is 25.6 Å². The summed E-state index contributed by atoms with van der Waals surface area (Å²) < 4.78 is 33.1. The summed E-state index contributed by atoms with van der Waals surface area (Å²) >= 11 is 0. The van der Waals surface area contributed by atoms with E-state index in [0.717, 1.165) is 18.4 Å². The number of benzene rings is 2. The summed E-state index contributed by atoms with van der Waals surface area (Å²) in [4.78, 5) is 12.6. The Balaban J connectivity index is 1.57. The Morgan fingerprint density at radius 1 is 1.13 bits per heavy atom. The van der Waals surface area contributed by atoms with E-state index in [0.29, 0.717) is 31.7 Å². The highest BCUT2D eigenvalue weighted by Crippen LogP contribution is 2.23. The number of ether oxygens (including phenoxy) is 1. The van der Waals surface area contributed by atoms with E-state index in [1.807, 2.05) is 44.2 Å². The minimum Gasteiger partial charge on any atom is -0.491 e. The van der Waals surface area contributed by atoms with Gasteiger partial charge >= 0.3 is 0 Å². The number of amides is 1. The average molecular weight is 431 g/mol. The fourth-order valence-corrected chi connectivity index (χ4v) is 5.12. The highest BCUT2D eigenvalue weighted by Gasteiger charge is 2.30. The molecular weight excluding hydrogens is 400 g/mol. The topological polar surface area (TPSA) is 75.7 Å². The second kappa shape index (κ2) is 10.1. The van der Waals surface area contributed by atoms with Gasteiger partial charge in [0.1, 0.15) is 5.75 Å². The number of nitrogens with one attached hydrogen (secondary N) is 1. The van der Waals surface area contributed by atoms with Gasteiger partial charge in [-0.15, -0.1) is 0 Å². The van der Waals surface area contributed by atoms with E-state index in [1.54, 1.807) is 24.3 Å². The number of carbonyl (C=O) groups excluding carboxylic acids is 1. The number of aryl methyl sites for hydroxylation is 1. The Labute approximate surface area is 179 Å². The lowest BCUT2D eigenvalue weighted by Crippen LogP contribution is -2.49. The standard InChI is InChI=1S/C23H30N2O4S/c1-18(2)29-21-11-13-22(14-12-21)30(27,28)25-16-6-9-20(17-25)24-23(26)15-10-19-7-4-3-5-8-19/h3-5,7-8,11-14,18,20H,6,9-10,15-17H2,1-2H3,(H,24,26). The van der Waals surface area contributed by atoms with E-state index in [9.17, 15) is 13.2 Å². The third-order valence-corrected chi connectivity index (χ3v) is 6.95. The molecule has 7 heteroatoms. The molecule has 2 aromatic rings. The van der Waals surface area contributed by atoms with Gasteiger partial charge < -0.3 is 10.1 Å². The van der Waals surface area contributed by atoms with Crippen LogP contribution >= 0.6 is 0 Å². The van der Waals surface area contributed by atoms with Gasteiger partial charge in [-0.3, -0.25) is 4.79 Å². The fraction of sp³-hybridized carbons (Fsp3) is 0.435. The van der Waals surface area contributed by atoms with Crippen molar-refractivity contribution >= 4 is 15.9 Å². The molecular formula is C23H30N2O4S. The lowest BCUT2D eigenvalue weighted by Gasteiger charge is -2.32. The van der Waals surface area contributed by atoms with Crippen LogP contribution in [0.25, 0.3) is 0 Å². The molecule has 0 bridgehead atoms. The third kappa shape index (κ3) is 6.06. The Morgan fingerprint density at radius 3 is 2.50 bits per heavy atom. The van der Waals surface area contributed by atoms with Crippen molar-refractivity contribution < 1.29 is 17.9 Å². The molecule has 0 aromatic heterocycles. The lowest BCUT2D eigenvalue weighted by molar-refractivity contribution is -0.122. The zero-order valence-corrected chi connectivity index (χ0v) is 18.4. The maximum atomic E-state index is 13.0. The molecule has 1 amide bonds. The van der Waals surface area contributed by atoms with Gasteiger partial charge in [0.15, 0.2) is 0 Å². The molecule has 1 aliphatic heterocycles. The quantitative estimate of drug-likeness (QED) is 0.697. The second-order valence-electron chi connectivity index (χ2n) is 7.89. The van der Waals surface area contributed by atoms with Crippen molar-refractivity contribution in [3.8, 4) is 5.75 Å². The predicted octanol–water partition coefficient (Wildman–Crippen LogP) is 3.38. The van der Waals surface area contributed by atoms with Gasteiger partial charge in [-0.25, -0.2) is 8.42 Å². The number of rotatable bonds is 8. The van der Waals surface area contributed by atoms with E-state index in [2.05, 4.69) is 5.32 Å². The van der Waals surface area contributed by atoms with E-state index in [4.69, 9.17) is 4.74 Å². The molecule has 0 spiro atoms. The number of nitrogens with zero attached hydrogens (tertiary/aromatic N) is 1. The maximum Gasteiger partial charge on any atom is 0.243 e. The van der Waals surface area contributed by atoms with Crippen molar-refractivity contribution in [1.29, 1.82) is 0 Å². The average Bonchev–Trinajstić information content (AvgIpc) is 2.73. The molecule has 1 fully saturated rings. The molecule has 0 aliphatic carbocycles. The summed E-state index contributed by atoms with van der Waals surface area (Å²) in [6.07, 6.45) is 2.60. The molecule has 2 aromatic carbocycles. The molecule has 1 saturated heterocycles. The highest BCUT2D eigenvalue weighted by molar-refractivity contribution is 7.89. The maximum absolute atomic E-state index is 13.0. The van der Waals surface area contributed by atoms with Gasteiger partial charge in [-0.1, -0.05) is 30.3 Å². The molecule has 30 heavy (non-hydrogen) atoms. The number of piperidine rings is 1. The molecule has 1 heterocycles. The molecule has 1 atom stereocenters. The molecule has 162 valence electrons. The van der Waals surface area contributed by atoms with Crippen LogP contribution in [0.2, 0.25) is 0 Å². The Hall–Kier alpha value is -2.38. The first-order valence-corrected chi connectivity index (χ1v) is 11.9. The van der Waals surface area contributed by atoms with E-state index < -0.39 is 10.0 Å². The van der Waals surface area contributed by atoms with E-state index in [1.165, 1.54) is 4.31 Å². The summed E-state index contributed by atoms with van der Waals surface area (Å²) in [6.45, 7) is 4.60. The predicted molar refractivity (Wildman–Crippen MR) is 117 cm³/mol. The summed E-state index contributed by atoms with van der Waals surface area (Å²) in [6, 6.07) is 16.2. The number of hydrogen-bond acceptors (Lipinski definition) is 4. The summed E-state index contributed by atoms with van der Waals surface area (Å²) in [5.74, 6) is 0.601. The monoisotopic (exact) mass is 430 g/mol. The normalized spacial score (nSPS) is 17.6. The fourth-order valence-electron chi connectivity index (χ4n) is 3.59. The first-order valence-electron chi connectivity index (χ1n) is 10.4. The molecule has 1 aliphatic rings. The van der Waals surface area contributed by atoms with Crippen molar-refractivity contribution in [1.82, 2.24) is 9.62 Å². The zero-order chi connectivity index (χ0) is 21.6. The van der Waals surface area contributed by atoms with Crippen LogP contribution < -0.4 is 10.1 Å². The van der Waals surface area contributed by atoms with Crippen molar-refractivity contribution in [3.05, 3.63) is 60.2 Å². The van der Waals surface area contributed by atoms with Crippen LogP contribution in [0.1, 0.15) is 38.7 Å². The highest BCUT2D eigenvalue weighted by atomic mass is 32.2. The van der Waals surface area contributed by atoms with Gasteiger partial charge in [0.05, 0.1) is 11.0 Å². The minimum atomic E-state index is -3.60. The summed E-state index contributed by atoms with van der Waals surface area (Å²) in [7, 11) is -3.60. The molecule has 1 unspecified atom stereocenters. The Bertz CT molecular complexity index is 927. The molecule has 0 saturated carbocycles. The Kier molecular flexibility index (Phi) is 7.50. The van der Waals surface area contributed by atoms with E-state index in [-0.39, 0.29) is 22.9 Å². The molecule has 3 rings (SSSR count). The van der Waals surface area contributed by atoms with Gasteiger partial charge in [0.25, 0.3) is 0 Å².